The number of hydrogen-bond acceptors (Lipinski definition) is 7. The molecule has 0 fully saturated rings. The third-order valence-electron chi connectivity index (χ3n) is 5.92. The van der Waals surface area contributed by atoms with E-state index in [-0.39, 0.29) is 31.2 Å². The van der Waals surface area contributed by atoms with Gasteiger partial charge in [-0.25, -0.2) is 0 Å². The van der Waals surface area contributed by atoms with Gasteiger partial charge in [-0.3, -0.25) is 0 Å². The number of rotatable bonds is 12. The third-order valence-corrected chi connectivity index (χ3v) is 6.66. The fraction of sp³-hybridized carbons (Fsp3) is 0.172. The van der Waals surface area contributed by atoms with Crippen LogP contribution in [0.5, 0.6) is 11.5 Å². The second-order valence-corrected chi connectivity index (χ2v) is 9.24. The van der Waals surface area contributed by atoms with E-state index in [9.17, 15) is 4.91 Å². The van der Waals surface area contributed by atoms with Gasteiger partial charge in [-0.2, -0.15) is 0 Å². The van der Waals surface area contributed by atoms with Gasteiger partial charge in [0.2, 0.25) is 0 Å². The minimum absolute atomic E-state index is 0.00402. The number of ether oxygens (including phenoxy) is 2. The summed E-state index contributed by atoms with van der Waals surface area (Å²) >= 11 is 13.3. The summed E-state index contributed by atoms with van der Waals surface area (Å²) in [4.78, 5) is 11.0. The molecule has 0 radical (unpaired) electrons. The fourth-order valence-corrected chi connectivity index (χ4v) is 4.44. The summed E-state index contributed by atoms with van der Waals surface area (Å²) in [5.41, 5.74) is 10.6. The van der Waals surface area contributed by atoms with Crippen molar-refractivity contribution in [3.63, 3.8) is 0 Å². The highest BCUT2D eigenvalue weighted by molar-refractivity contribution is 6.34. The van der Waals surface area contributed by atoms with Crippen molar-refractivity contribution >= 4 is 34.6 Å². The minimum atomic E-state index is -0.00402. The molecular weight excluding hydrogens is 525 g/mol. The number of para-hydroxylation sites is 1. The zero-order valence-electron chi connectivity index (χ0n) is 20.5. The van der Waals surface area contributed by atoms with Crippen molar-refractivity contribution < 1.29 is 14.6 Å². The van der Waals surface area contributed by atoms with E-state index in [4.69, 9.17) is 43.5 Å². The molecule has 196 valence electrons. The van der Waals surface area contributed by atoms with Crippen molar-refractivity contribution in [2.75, 3.05) is 18.9 Å². The zero-order chi connectivity index (χ0) is 26.9. The van der Waals surface area contributed by atoms with Crippen LogP contribution in [0.15, 0.2) is 84.0 Å². The molecule has 0 unspecified atom stereocenters. The maximum atomic E-state index is 11.0. The zero-order valence-corrected chi connectivity index (χ0v) is 22.0. The molecule has 38 heavy (non-hydrogen) atoms. The molecule has 0 aliphatic rings. The number of halogens is 2. The van der Waals surface area contributed by atoms with Crippen molar-refractivity contribution in [1.82, 2.24) is 5.32 Å². The smallest absolute Gasteiger partial charge is 0.142 e. The van der Waals surface area contributed by atoms with E-state index in [1.165, 1.54) is 0 Å². The number of nitrogens with one attached hydrogen (secondary N) is 1. The topological polar surface area (TPSA) is 106 Å². The van der Waals surface area contributed by atoms with Gasteiger partial charge >= 0.3 is 0 Å². The average molecular weight is 552 g/mol. The normalized spacial score (nSPS) is 10.8. The molecule has 7 nitrogen and oxygen atoms in total. The van der Waals surface area contributed by atoms with Crippen LogP contribution in [0.3, 0.4) is 0 Å². The van der Waals surface area contributed by atoms with Crippen LogP contribution in [0.4, 0.5) is 11.4 Å². The first kappa shape index (κ1) is 27.4. The van der Waals surface area contributed by atoms with Crippen LogP contribution in [0.2, 0.25) is 10.0 Å². The van der Waals surface area contributed by atoms with Crippen LogP contribution in [0, 0.1) is 4.91 Å². The standard InChI is InChI=1S/C29H27Cl2N3O4/c30-24-14-22(16-33-12-13-35)26(37-18-21-9-5-11-25(34-36)29(21)32)15-27(24)38-17-20-8-4-10-23(28(20)31)19-6-2-1-3-7-19/h1-11,14-15,33,35H,12-13,16-18,32H2. The number of aliphatic hydroxyl groups excluding tert-OH is 1. The first-order valence-corrected chi connectivity index (χ1v) is 12.7. The van der Waals surface area contributed by atoms with Crippen molar-refractivity contribution in [2.24, 2.45) is 5.18 Å². The van der Waals surface area contributed by atoms with E-state index >= 15 is 0 Å². The van der Waals surface area contributed by atoms with Crippen molar-refractivity contribution in [3.8, 4) is 22.6 Å². The molecule has 4 aromatic rings. The number of aliphatic hydroxyl groups is 1. The Morgan fingerprint density at radius 1 is 0.842 bits per heavy atom. The molecule has 0 aliphatic heterocycles. The summed E-state index contributed by atoms with van der Waals surface area (Å²) in [5.74, 6) is 0.938. The Labute approximate surface area is 231 Å². The summed E-state index contributed by atoms with van der Waals surface area (Å²) in [5, 5.41) is 16.2. The minimum Gasteiger partial charge on any atom is -0.488 e. The van der Waals surface area contributed by atoms with Crippen LogP contribution < -0.4 is 20.5 Å². The van der Waals surface area contributed by atoms with Crippen LogP contribution in [0.1, 0.15) is 16.7 Å². The molecule has 0 aromatic heterocycles. The molecule has 0 atom stereocenters. The molecule has 0 aliphatic carbocycles. The van der Waals surface area contributed by atoms with Gasteiger partial charge in [0.1, 0.15) is 30.4 Å². The summed E-state index contributed by atoms with van der Waals surface area (Å²) in [6, 6.07) is 24.2. The highest BCUT2D eigenvalue weighted by Gasteiger charge is 2.15. The van der Waals surface area contributed by atoms with Gasteiger partial charge in [0, 0.05) is 41.4 Å². The third kappa shape index (κ3) is 6.62. The predicted octanol–water partition coefficient (Wildman–Crippen LogP) is 6.88. The molecular formula is C29H27Cl2N3O4. The molecule has 4 aromatic carbocycles. The largest absolute Gasteiger partial charge is 0.488 e. The van der Waals surface area contributed by atoms with Gasteiger partial charge in [-0.15, -0.1) is 4.91 Å². The SMILES string of the molecule is Nc1c(COc2cc(OCc3cccc(-c4ccccc4)c3Cl)c(Cl)cc2CNCCO)cccc1N=O. The van der Waals surface area contributed by atoms with Gasteiger partial charge in [0.15, 0.2) is 0 Å². The van der Waals surface area contributed by atoms with Crippen LogP contribution >= 0.6 is 23.2 Å². The van der Waals surface area contributed by atoms with Crippen molar-refractivity contribution in [2.45, 2.75) is 19.8 Å². The van der Waals surface area contributed by atoms with Gasteiger partial charge < -0.3 is 25.6 Å². The van der Waals surface area contributed by atoms with Crippen molar-refractivity contribution in [1.29, 1.82) is 0 Å². The number of hydrogen-bond donors (Lipinski definition) is 3. The number of benzene rings is 4. The lowest BCUT2D eigenvalue weighted by atomic mass is 10.0. The Morgan fingerprint density at radius 2 is 1.55 bits per heavy atom. The Hall–Kier alpha value is -3.62. The number of anilines is 1. The number of nitrogens with zero attached hydrogens (tertiary/aromatic N) is 1. The second kappa shape index (κ2) is 13.3. The van der Waals surface area contributed by atoms with E-state index < -0.39 is 0 Å². The first-order chi connectivity index (χ1) is 18.5. The van der Waals surface area contributed by atoms with Crippen LogP contribution in [0.25, 0.3) is 11.1 Å². The molecule has 0 heterocycles. The number of nitrogens with two attached hydrogens (primary N) is 1. The van der Waals surface area contributed by atoms with E-state index in [2.05, 4.69) is 10.5 Å². The quantitative estimate of drug-likeness (QED) is 0.101. The lowest BCUT2D eigenvalue weighted by molar-refractivity contribution is 0.283. The number of nitrogen functional groups attached to an aromatic ring is 1. The van der Waals surface area contributed by atoms with Crippen LogP contribution in [-0.2, 0) is 19.8 Å². The molecule has 0 bridgehead atoms. The molecule has 0 amide bonds. The summed E-state index contributed by atoms with van der Waals surface area (Å²) < 4.78 is 12.2. The fourth-order valence-electron chi connectivity index (χ4n) is 3.91. The van der Waals surface area contributed by atoms with E-state index in [0.717, 1.165) is 22.3 Å². The van der Waals surface area contributed by atoms with Gasteiger partial charge in [-0.05, 0) is 22.9 Å². The molecule has 0 saturated heterocycles. The Morgan fingerprint density at radius 3 is 2.32 bits per heavy atom. The second-order valence-electron chi connectivity index (χ2n) is 8.45. The molecule has 4 rings (SSSR count). The Bertz CT molecular complexity index is 1400. The Balaban J connectivity index is 1.57. The summed E-state index contributed by atoms with van der Waals surface area (Å²) in [6.45, 7) is 1.11. The first-order valence-electron chi connectivity index (χ1n) is 11.9. The molecule has 0 spiro atoms. The predicted molar refractivity (Wildman–Crippen MR) is 152 cm³/mol. The summed E-state index contributed by atoms with van der Waals surface area (Å²) in [7, 11) is 0. The van der Waals surface area contributed by atoms with E-state index in [0.29, 0.717) is 40.2 Å². The lowest BCUT2D eigenvalue weighted by Crippen LogP contribution is -2.18. The molecule has 4 N–H and O–H groups in total. The number of nitroso groups, excluding NO2 is 1. The average Bonchev–Trinajstić information content (AvgIpc) is 2.94. The Kier molecular flexibility index (Phi) is 9.56. The summed E-state index contributed by atoms with van der Waals surface area (Å²) in [6.07, 6.45) is 0. The maximum Gasteiger partial charge on any atom is 0.142 e. The van der Waals surface area contributed by atoms with Gasteiger partial charge in [-0.1, -0.05) is 83.9 Å². The molecule has 9 heteroatoms. The van der Waals surface area contributed by atoms with Crippen LogP contribution in [-0.4, -0.2) is 18.3 Å². The van der Waals surface area contributed by atoms with Crippen molar-refractivity contribution in [3.05, 3.63) is 111 Å². The van der Waals surface area contributed by atoms with Gasteiger partial charge in [0.25, 0.3) is 0 Å². The molecule has 0 saturated carbocycles. The lowest BCUT2D eigenvalue weighted by Gasteiger charge is -2.17. The highest BCUT2D eigenvalue weighted by atomic mass is 35.5. The highest BCUT2D eigenvalue weighted by Crippen LogP contribution is 2.36. The van der Waals surface area contributed by atoms with E-state index in [1.54, 1.807) is 30.3 Å². The van der Waals surface area contributed by atoms with E-state index in [1.807, 2.05) is 48.5 Å². The van der Waals surface area contributed by atoms with Gasteiger partial charge in [0.05, 0.1) is 22.3 Å². The monoisotopic (exact) mass is 551 g/mol. The maximum absolute atomic E-state index is 11.0.